The third kappa shape index (κ3) is 3.42. The van der Waals surface area contributed by atoms with E-state index < -0.39 is 0 Å². The topological polar surface area (TPSA) is 45.4 Å². The van der Waals surface area contributed by atoms with Gasteiger partial charge in [-0.1, -0.05) is 53.7 Å². The number of hydrogen-bond acceptors (Lipinski definition) is 5. The van der Waals surface area contributed by atoms with Gasteiger partial charge in [0.1, 0.15) is 0 Å². The molecule has 0 saturated carbocycles. The molecule has 5 nitrogen and oxygen atoms in total. The molecule has 3 aromatic rings. The zero-order valence-corrected chi connectivity index (χ0v) is 14.4. The summed E-state index contributed by atoms with van der Waals surface area (Å²) in [5.41, 5.74) is 2.28. The number of hydrogen-bond donors (Lipinski definition) is 0. The highest BCUT2D eigenvalue weighted by Gasteiger charge is 2.26. The minimum Gasteiger partial charge on any atom is -0.369 e. The van der Waals surface area contributed by atoms with Crippen LogP contribution in [-0.4, -0.2) is 41.2 Å². The van der Waals surface area contributed by atoms with E-state index in [1.807, 2.05) is 30.3 Å². The first-order valence-electron chi connectivity index (χ1n) is 8.74. The molecule has 25 heavy (non-hydrogen) atoms. The van der Waals surface area contributed by atoms with E-state index in [1.54, 1.807) is 0 Å². The van der Waals surface area contributed by atoms with E-state index in [9.17, 15) is 0 Å². The molecule has 0 spiro atoms. The normalized spacial score (nSPS) is 16.8. The van der Waals surface area contributed by atoms with Gasteiger partial charge in [-0.15, -0.1) is 0 Å². The maximum absolute atomic E-state index is 5.53. The van der Waals surface area contributed by atoms with Gasteiger partial charge in [0, 0.05) is 37.4 Å². The number of nitrogens with zero attached hydrogens (tertiary/aromatic N) is 4. The maximum Gasteiger partial charge on any atom is 0.244 e. The van der Waals surface area contributed by atoms with Crippen molar-refractivity contribution in [1.82, 2.24) is 15.0 Å². The third-order valence-corrected chi connectivity index (χ3v) is 4.81. The Labute approximate surface area is 147 Å². The van der Waals surface area contributed by atoms with E-state index in [-0.39, 0.29) is 6.04 Å². The molecule has 0 aliphatic carbocycles. The Hall–Kier alpha value is -2.66. The van der Waals surface area contributed by atoms with Crippen molar-refractivity contribution in [3.8, 4) is 11.4 Å². The predicted molar refractivity (Wildman–Crippen MR) is 98.4 cm³/mol. The van der Waals surface area contributed by atoms with Gasteiger partial charge in [0.05, 0.1) is 6.04 Å². The summed E-state index contributed by atoms with van der Waals surface area (Å²) < 4.78 is 5.53. The Balaban J connectivity index is 1.41. The Kier molecular flexibility index (Phi) is 4.48. The summed E-state index contributed by atoms with van der Waals surface area (Å²) in [7, 11) is 0. The molecule has 128 valence electrons. The second kappa shape index (κ2) is 7.07. The fourth-order valence-electron chi connectivity index (χ4n) is 3.27. The van der Waals surface area contributed by atoms with Gasteiger partial charge in [0.25, 0.3) is 0 Å². The number of benzene rings is 2. The molecule has 1 aliphatic rings. The fraction of sp³-hybridized carbons (Fsp3) is 0.300. The highest BCUT2D eigenvalue weighted by Crippen LogP contribution is 2.24. The van der Waals surface area contributed by atoms with Crippen molar-refractivity contribution in [3.05, 3.63) is 66.6 Å². The summed E-state index contributed by atoms with van der Waals surface area (Å²) in [5.74, 6) is 1.34. The molecule has 2 aromatic carbocycles. The van der Waals surface area contributed by atoms with Gasteiger partial charge in [-0.25, -0.2) is 0 Å². The number of para-hydroxylation sites is 1. The number of piperazine rings is 1. The third-order valence-electron chi connectivity index (χ3n) is 4.81. The van der Waals surface area contributed by atoms with Crippen LogP contribution in [0.3, 0.4) is 0 Å². The molecule has 0 unspecified atom stereocenters. The van der Waals surface area contributed by atoms with Crippen LogP contribution >= 0.6 is 0 Å². The van der Waals surface area contributed by atoms with E-state index in [2.05, 4.69) is 57.2 Å². The Morgan fingerprint density at radius 2 is 1.52 bits per heavy atom. The van der Waals surface area contributed by atoms with Crippen molar-refractivity contribution in [2.45, 2.75) is 13.0 Å². The highest BCUT2D eigenvalue weighted by atomic mass is 16.5. The maximum atomic E-state index is 5.53. The van der Waals surface area contributed by atoms with Crippen molar-refractivity contribution < 1.29 is 4.52 Å². The SMILES string of the molecule is C[C@@H](c1nc(-c2ccccc2)no1)N1CCN(c2ccccc2)CC1. The van der Waals surface area contributed by atoms with Crippen LogP contribution in [-0.2, 0) is 0 Å². The van der Waals surface area contributed by atoms with E-state index in [1.165, 1.54) is 5.69 Å². The van der Waals surface area contributed by atoms with Crippen molar-refractivity contribution in [2.75, 3.05) is 31.1 Å². The number of anilines is 1. The van der Waals surface area contributed by atoms with Crippen molar-refractivity contribution in [3.63, 3.8) is 0 Å². The van der Waals surface area contributed by atoms with Crippen LogP contribution in [0.5, 0.6) is 0 Å². The van der Waals surface area contributed by atoms with Gasteiger partial charge in [-0.3, -0.25) is 4.90 Å². The lowest BCUT2D eigenvalue weighted by atomic mass is 10.2. The second-order valence-corrected chi connectivity index (χ2v) is 6.36. The minimum absolute atomic E-state index is 0.128. The Bertz CT molecular complexity index is 795. The molecule has 4 rings (SSSR count). The van der Waals surface area contributed by atoms with Gasteiger partial charge in [-0.05, 0) is 19.1 Å². The van der Waals surface area contributed by atoms with Gasteiger partial charge >= 0.3 is 0 Å². The summed E-state index contributed by atoms with van der Waals surface area (Å²) in [6.45, 7) is 6.13. The first-order chi connectivity index (χ1) is 12.3. The molecule has 1 atom stereocenters. The largest absolute Gasteiger partial charge is 0.369 e. The average Bonchev–Trinajstić information content (AvgIpc) is 3.19. The summed E-state index contributed by atoms with van der Waals surface area (Å²) in [6, 6.07) is 20.7. The summed E-state index contributed by atoms with van der Waals surface area (Å²) >= 11 is 0. The van der Waals surface area contributed by atoms with E-state index in [0.29, 0.717) is 11.7 Å². The van der Waals surface area contributed by atoms with Gasteiger partial charge < -0.3 is 9.42 Å². The first kappa shape index (κ1) is 15.8. The molecule has 2 heterocycles. The predicted octanol–water partition coefficient (Wildman–Crippen LogP) is 3.62. The van der Waals surface area contributed by atoms with Gasteiger partial charge in [0.2, 0.25) is 11.7 Å². The van der Waals surface area contributed by atoms with Crippen LogP contribution in [0.15, 0.2) is 65.2 Å². The molecule has 1 saturated heterocycles. The van der Waals surface area contributed by atoms with Crippen molar-refractivity contribution in [1.29, 1.82) is 0 Å². The lowest BCUT2D eigenvalue weighted by molar-refractivity contribution is 0.164. The monoisotopic (exact) mass is 334 g/mol. The average molecular weight is 334 g/mol. The summed E-state index contributed by atoms with van der Waals surface area (Å²) in [4.78, 5) is 9.43. The van der Waals surface area contributed by atoms with E-state index >= 15 is 0 Å². The van der Waals surface area contributed by atoms with Gasteiger partial charge in [-0.2, -0.15) is 4.98 Å². The van der Waals surface area contributed by atoms with Crippen molar-refractivity contribution >= 4 is 5.69 Å². The lowest BCUT2D eigenvalue weighted by Gasteiger charge is -2.38. The smallest absolute Gasteiger partial charge is 0.244 e. The van der Waals surface area contributed by atoms with Crippen LogP contribution in [0, 0.1) is 0 Å². The molecule has 0 radical (unpaired) electrons. The molecule has 0 N–H and O–H groups in total. The molecule has 5 heteroatoms. The molecule has 1 fully saturated rings. The molecule has 0 bridgehead atoms. The Morgan fingerprint density at radius 3 is 2.20 bits per heavy atom. The first-order valence-corrected chi connectivity index (χ1v) is 8.74. The summed E-state index contributed by atoms with van der Waals surface area (Å²) in [6.07, 6.45) is 0. The molecular formula is C20H22N4O. The van der Waals surface area contributed by atoms with Crippen LogP contribution in [0.2, 0.25) is 0 Å². The lowest BCUT2D eigenvalue weighted by Crippen LogP contribution is -2.47. The molecule has 0 amide bonds. The fourth-order valence-corrected chi connectivity index (χ4v) is 3.27. The molecular weight excluding hydrogens is 312 g/mol. The summed E-state index contributed by atoms with van der Waals surface area (Å²) in [5, 5.41) is 4.14. The standard InChI is InChI=1S/C20H22N4O/c1-16(20-21-19(22-25-20)17-8-4-2-5-9-17)23-12-14-24(15-13-23)18-10-6-3-7-11-18/h2-11,16H,12-15H2,1H3/t16-/m0/s1. The van der Waals surface area contributed by atoms with Crippen LogP contribution in [0.25, 0.3) is 11.4 Å². The van der Waals surface area contributed by atoms with Gasteiger partial charge in [0.15, 0.2) is 0 Å². The highest BCUT2D eigenvalue weighted by molar-refractivity contribution is 5.53. The van der Waals surface area contributed by atoms with E-state index in [4.69, 9.17) is 4.52 Å². The van der Waals surface area contributed by atoms with Crippen molar-refractivity contribution in [2.24, 2.45) is 0 Å². The molecule has 1 aliphatic heterocycles. The Morgan fingerprint density at radius 1 is 0.880 bits per heavy atom. The zero-order valence-electron chi connectivity index (χ0n) is 14.4. The quantitative estimate of drug-likeness (QED) is 0.729. The number of rotatable bonds is 4. The van der Waals surface area contributed by atoms with Crippen LogP contribution in [0.1, 0.15) is 18.9 Å². The van der Waals surface area contributed by atoms with Crippen LogP contribution < -0.4 is 4.90 Å². The molecule has 1 aromatic heterocycles. The minimum atomic E-state index is 0.128. The van der Waals surface area contributed by atoms with E-state index in [0.717, 1.165) is 31.7 Å². The number of aromatic nitrogens is 2. The van der Waals surface area contributed by atoms with Crippen LogP contribution in [0.4, 0.5) is 5.69 Å². The zero-order chi connectivity index (χ0) is 17.1. The second-order valence-electron chi connectivity index (χ2n) is 6.36.